The average Bonchev–Trinajstić information content (AvgIpc) is 2.96. The van der Waals surface area contributed by atoms with E-state index in [2.05, 4.69) is 10.3 Å². The summed E-state index contributed by atoms with van der Waals surface area (Å²) in [5.74, 6) is 0.415. The summed E-state index contributed by atoms with van der Waals surface area (Å²) >= 11 is 1.07. The van der Waals surface area contributed by atoms with Gasteiger partial charge in [-0.3, -0.25) is 9.59 Å². The fourth-order valence-electron chi connectivity index (χ4n) is 2.05. The molecule has 0 aliphatic rings. The van der Waals surface area contributed by atoms with Crippen molar-refractivity contribution in [3.63, 3.8) is 0 Å². The maximum absolute atomic E-state index is 11.7. The molecule has 2 N–H and O–H groups in total. The summed E-state index contributed by atoms with van der Waals surface area (Å²) in [5, 5.41) is 6.57. The largest absolute Gasteiger partial charge is 0.484 e. The number of rotatable bonds is 5. The lowest BCUT2D eigenvalue weighted by Crippen LogP contribution is -2.28. The molecule has 0 aliphatic heterocycles. The number of ether oxygens (including phenoxy) is 1. The Morgan fingerprint density at radius 2 is 2.00 bits per heavy atom. The summed E-state index contributed by atoms with van der Waals surface area (Å²) in [6.45, 7) is 0.228. The Morgan fingerprint density at radius 3 is 2.77 bits per heavy atom. The number of hydrogen-bond acceptors (Lipinski definition) is 4. The van der Waals surface area contributed by atoms with Gasteiger partial charge >= 0.3 is 4.87 Å². The molecular formula is C16H14N2O3S. The zero-order valence-corrected chi connectivity index (χ0v) is 12.5. The van der Waals surface area contributed by atoms with Crippen LogP contribution in [0.5, 0.6) is 5.75 Å². The third kappa shape index (κ3) is 3.53. The predicted molar refractivity (Wildman–Crippen MR) is 86.2 cm³/mol. The number of nitrogens with one attached hydrogen (secondary N) is 2. The molecule has 0 aliphatic carbocycles. The van der Waals surface area contributed by atoms with E-state index < -0.39 is 0 Å². The van der Waals surface area contributed by atoms with Gasteiger partial charge in [-0.05, 0) is 22.9 Å². The highest BCUT2D eigenvalue weighted by atomic mass is 32.1. The van der Waals surface area contributed by atoms with Gasteiger partial charge < -0.3 is 15.0 Å². The number of amides is 1. The molecule has 22 heavy (non-hydrogen) atoms. The monoisotopic (exact) mass is 314 g/mol. The minimum atomic E-state index is -0.236. The lowest BCUT2D eigenvalue weighted by atomic mass is 10.1. The Balaban J connectivity index is 1.54. The Morgan fingerprint density at radius 1 is 1.18 bits per heavy atom. The van der Waals surface area contributed by atoms with Gasteiger partial charge in [-0.25, -0.2) is 0 Å². The topological polar surface area (TPSA) is 71.2 Å². The van der Waals surface area contributed by atoms with Crippen molar-refractivity contribution in [2.45, 2.75) is 6.54 Å². The van der Waals surface area contributed by atoms with Crippen molar-refractivity contribution in [1.29, 1.82) is 0 Å². The number of carbonyl (C=O) groups is 1. The SMILES string of the molecule is O=C(COc1ccc2ccccc2c1)NCc1csc(=O)[nH]1. The fraction of sp³-hybridized carbons (Fsp3) is 0.125. The summed E-state index contributed by atoms with van der Waals surface area (Å²) < 4.78 is 5.49. The van der Waals surface area contributed by atoms with Crippen LogP contribution in [-0.2, 0) is 11.3 Å². The molecule has 0 unspecified atom stereocenters. The van der Waals surface area contributed by atoms with Gasteiger partial charge in [0, 0.05) is 11.1 Å². The Labute approximate surface area is 130 Å². The van der Waals surface area contributed by atoms with Crippen LogP contribution in [0.15, 0.2) is 52.6 Å². The molecule has 112 valence electrons. The van der Waals surface area contributed by atoms with E-state index in [0.29, 0.717) is 18.0 Å². The molecule has 0 saturated carbocycles. The summed E-state index contributed by atoms with van der Waals surface area (Å²) in [5.41, 5.74) is 0.689. The van der Waals surface area contributed by atoms with Crippen molar-refractivity contribution in [3.05, 3.63) is 63.2 Å². The standard InChI is InChI=1S/C16H14N2O3S/c19-15(17-8-13-10-22-16(20)18-13)9-21-14-6-5-11-3-1-2-4-12(11)7-14/h1-7,10H,8-9H2,(H,17,19)(H,18,20). The first kappa shape index (κ1) is 14.3. The first-order chi connectivity index (χ1) is 10.7. The summed E-state index contributed by atoms with van der Waals surface area (Å²) in [7, 11) is 0. The first-order valence-corrected chi connectivity index (χ1v) is 7.64. The van der Waals surface area contributed by atoms with E-state index in [-0.39, 0.29) is 17.4 Å². The maximum Gasteiger partial charge on any atom is 0.304 e. The van der Waals surface area contributed by atoms with E-state index in [4.69, 9.17) is 4.74 Å². The van der Waals surface area contributed by atoms with Crippen molar-refractivity contribution in [1.82, 2.24) is 10.3 Å². The average molecular weight is 314 g/mol. The second-order valence-corrected chi connectivity index (χ2v) is 5.59. The minimum Gasteiger partial charge on any atom is -0.484 e. The molecule has 6 heteroatoms. The molecular weight excluding hydrogens is 300 g/mol. The number of fused-ring (bicyclic) bond motifs is 1. The number of H-pyrrole nitrogens is 1. The molecule has 0 bridgehead atoms. The zero-order valence-electron chi connectivity index (χ0n) is 11.7. The molecule has 2 aromatic carbocycles. The normalized spacial score (nSPS) is 10.5. The molecule has 0 atom stereocenters. The summed E-state index contributed by atoms with van der Waals surface area (Å²) in [4.78, 5) is 25.2. The van der Waals surface area contributed by atoms with E-state index in [1.807, 2.05) is 42.5 Å². The van der Waals surface area contributed by atoms with Gasteiger partial charge in [-0.2, -0.15) is 0 Å². The van der Waals surface area contributed by atoms with Crippen molar-refractivity contribution in [2.24, 2.45) is 0 Å². The van der Waals surface area contributed by atoms with E-state index in [1.165, 1.54) is 0 Å². The second kappa shape index (κ2) is 6.44. The predicted octanol–water partition coefficient (Wildman–Crippen LogP) is 2.28. The van der Waals surface area contributed by atoms with Gasteiger partial charge in [0.25, 0.3) is 5.91 Å². The van der Waals surface area contributed by atoms with Crippen LogP contribution in [0.2, 0.25) is 0 Å². The Bertz CT molecular complexity index is 853. The van der Waals surface area contributed by atoms with Crippen molar-refractivity contribution < 1.29 is 9.53 Å². The van der Waals surface area contributed by atoms with Crippen LogP contribution in [0.25, 0.3) is 10.8 Å². The van der Waals surface area contributed by atoms with E-state index in [0.717, 1.165) is 22.1 Å². The van der Waals surface area contributed by atoms with E-state index in [1.54, 1.807) is 5.38 Å². The Hall–Kier alpha value is -2.60. The lowest BCUT2D eigenvalue weighted by Gasteiger charge is -2.07. The number of thiazole rings is 1. The van der Waals surface area contributed by atoms with Gasteiger partial charge in [0.1, 0.15) is 5.75 Å². The number of aromatic amines is 1. The van der Waals surface area contributed by atoms with Crippen molar-refractivity contribution in [3.8, 4) is 5.75 Å². The molecule has 1 aromatic heterocycles. The summed E-state index contributed by atoms with van der Waals surface area (Å²) in [6, 6.07) is 13.7. The number of carbonyl (C=O) groups excluding carboxylic acids is 1. The zero-order chi connectivity index (χ0) is 15.4. The highest BCUT2D eigenvalue weighted by molar-refractivity contribution is 7.07. The molecule has 1 heterocycles. The molecule has 0 spiro atoms. The van der Waals surface area contributed by atoms with Crippen LogP contribution >= 0.6 is 11.3 Å². The van der Waals surface area contributed by atoms with Crippen molar-refractivity contribution in [2.75, 3.05) is 6.61 Å². The molecule has 0 fully saturated rings. The van der Waals surface area contributed by atoms with E-state index in [9.17, 15) is 9.59 Å². The Kier molecular flexibility index (Phi) is 4.20. The molecule has 1 amide bonds. The molecule has 3 rings (SSSR count). The third-order valence-electron chi connectivity index (χ3n) is 3.14. The van der Waals surface area contributed by atoms with Crippen LogP contribution in [0.3, 0.4) is 0 Å². The van der Waals surface area contributed by atoms with Crippen LogP contribution in [0.1, 0.15) is 5.69 Å². The molecule has 0 radical (unpaired) electrons. The number of hydrogen-bond donors (Lipinski definition) is 2. The van der Waals surface area contributed by atoms with Gasteiger partial charge in [0.05, 0.1) is 6.54 Å². The third-order valence-corrected chi connectivity index (χ3v) is 3.86. The smallest absolute Gasteiger partial charge is 0.304 e. The van der Waals surface area contributed by atoms with Gasteiger partial charge in [0.2, 0.25) is 0 Å². The van der Waals surface area contributed by atoms with E-state index >= 15 is 0 Å². The second-order valence-electron chi connectivity index (χ2n) is 4.75. The maximum atomic E-state index is 11.7. The quantitative estimate of drug-likeness (QED) is 0.759. The van der Waals surface area contributed by atoms with Crippen LogP contribution in [-0.4, -0.2) is 17.5 Å². The van der Waals surface area contributed by atoms with Gasteiger partial charge in [0.15, 0.2) is 6.61 Å². The number of aromatic nitrogens is 1. The minimum absolute atomic E-state index is 0.0628. The van der Waals surface area contributed by atoms with Crippen LogP contribution in [0.4, 0.5) is 0 Å². The van der Waals surface area contributed by atoms with Crippen LogP contribution < -0.4 is 14.9 Å². The summed E-state index contributed by atoms with van der Waals surface area (Å²) in [6.07, 6.45) is 0. The van der Waals surface area contributed by atoms with Gasteiger partial charge in [-0.15, -0.1) is 0 Å². The van der Waals surface area contributed by atoms with Gasteiger partial charge in [-0.1, -0.05) is 41.7 Å². The molecule has 3 aromatic rings. The lowest BCUT2D eigenvalue weighted by molar-refractivity contribution is -0.123. The highest BCUT2D eigenvalue weighted by Gasteiger charge is 2.04. The number of benzene rings is 2. The molecule has 0 saturated heterocycles. The molecule has 5 nitrogen and oxygen atoms in total. The first-order valence-electron chi connectivity index (χ1n) is 6.76. The van der Waals surface area contributed by atoms with Crippen molar-refractivity contribution >= 4 is 28.0 Å². The van der Waals surface area contributed by atoms with Crippen LogP contribution in [0, 0.1) is 0 Å². The highest BCUT2D eigenvalue weighted by Crippen LogP contribution is 2.20. The fourth-order valence-corrected chi connectivity index (χ4v) is 2.63.